The van der Waals surface area contributed by atoms with Gasteiger partial charge in [-0.1, -0.05) is 48.5 Å². The van der Waals surface area contributed by atoms with Crippen LogP contribution < -0.4 is 0 Å². The Morgan fingerprint density at radius 2 is 1.64 bits per heavy atom. The normalized spacial score (nSPS) is 10.9. The summed E-state index contributed by atoms with van der Waals surface area (Å²) in [5.41, 5.74) is 4.35. The summed E-state index contributed by atoms with van der Waals surface area (Å²) in [5, 5.41) is 0. The lowest BCUT2D eigenvalue weighted by molar-refractivity contribution is 1.000. The monoisotopic (exact) mass is 347 g/mol. The van der Waals surface area contributed by atoms with Gasteiger partial charge in [0, 0.05) is 6.20 Å². The molecule has 124 valence electrons. The maximum absolute atomic E-state index is 4.77. The van der Waals surface area contributed by atoms with E-state index in [-0.39, 0.29) is 12.4 Å². The van der Waals surface area contributed by atoms with Crippen LogP contribution in [0.3, 0.4) is 0 Å². The zero-order chi connectivity index (χ0) is 16.4. The lowest BCUT2D eigenvalue weighted by Crippen LogP contribution is -2.00. The first-order valence-electron chi connectivity index (χ1n) is 7.95. The molecule has 4 rings (SSSR count). The molecule has 0 spiro atoms. The quantitative estimate of drug-likeness (QED) is 0.502. The van der Waals surface area contributed by atoms with Gasteiger partial charge in [-0.2, -0.15) is 0 Å². The maximum Gasteiger partial charge on any atom is 0.139 e. The lowest BCUT2D eigenvalue weighted by Gasteiger charge is -2.06. The summed E-state index contributed by atoms with van der Waals surface area (Å²) >= 11 is 0. The van der Waals surface area contributed by atoms with Gasteiger partial charge in [0.1, 0.15) is 11.6 Å². The van der Waals surface area contributed by atoms with Crippen LogP contribution in [-0.4, -0.2) is 14.5 Å². The Labute approximate surface area is 153 Å². The van der Waals surface area contributed by atoms with Gasteiger partial charge >= 0.3 is 0 Å². The molecule has 0 fully saturated rings. The van der Waals surface area contributed by atoms with Crippen LogP contribution in [0.25, 0.3) is 29.0 Å². The van der Waals surface area contributed by atoms with E-state index in [2.05, 4.69) is 46.8 Å². The molecular weight excluding hydrogens is 330 g/mol. The molecule has 2 heterocycles. The van der Waals surface area contributed by atoms with Gasteiger partial charge in [0.05, 0.1) is 11.0 Å². The molecule has 4 heteroatoms. The number of hydrogen-bond acceptors (Lipinski definition) is 2. The molecule has 0 amide bonds. The minimum atomic E-state index is 0. The second kappa shape index (κ2) is 7.32. The van der Waals surface area contributed by atoms with Crippen molar-refractivity contribution in [3.63, 3.8) is 0 Å². The topological polar surface area (TPSA) is 30.7 Å². The van der Waals surface area contributed by atoms with E-state index < -0.39 is 0 Å². The maximum atomic E-state index is 4.77. The van der Waals surface area contributed by atoms with Crippen LogP contribution in [0.4, 0.5) is 0 Å². The van der Waals surface area contributed by atoms with Crippen LogP contribution >= 0.6 is 12.4 Å². The van der Waals surface area contributed by atoms with E-state index in [1.807, 2.05) is 54.7 Å². The third-order valence-corrected chi connectivity index (χ3v) is 3.94. The van der Waals surface area contributed by atoms with Gasteiger partial charge in [-0.25, -0.2) is 9.97 Å². The summed E-state index contributed by atoms with van der Waals surface area (Å²) < 4.78 is 2.10. The van der Waals surface area contributed by atoms with Crippen LogP contribution in [0.2, 0.25) is 0 Å². The molecule has 25 heavy (non-hydrogen) atoms. The van der Waals surface area contributed by atoms with Crippen molar-refractivity contribution in [1.82, 2.24) is 14.5 Å². The van der Waals surface area contributed by atoms with E-state index in [1.54, 1.807) is 0 Å². The number of aromatic nitrogens is 3. The second-order valence-electron chi connectivity index (χ2n) is 5.73. The number of imidazole rings is 1. The molecule has 4 aromatic rings. The van der Waals surface area contributed by atoms with Gasteiger partial charge in [0.15, 0.2) is 0 Å². The molecule has 2 aromatic carbocycles. The molecule has 0 N–H and O–H groups in total. The molecule has 0 aliphatic rings. The number of hydrogen-bond donors (Lipinski definition) is 0. The van der Waals surface area contributed by atoms with E-state index in [0.717, 1.165) is 28.2 Å². The summed E-state index contributed by atoms with van der Waals surface area (Å²) in [6.07, 6.45) is 5.96. The van der Waals surface area contributed by atoms with Crippen molar-refractivity contribution in [2.75, 3.05) is 0 Å². The Morgan fingerprint density at radius 3 is 2.44 bits per heavy atom. The van der Waals surface area contributed by atoms with Gasteiger partial charge in [0.2, 0.25) is 0 Å². The van der Waals surface area contributed by atoms with Gasteiger partial charge in [0.25, 0.3) is 0 Å². The third-order valence-electron chi connectivity index (χ3n) is 3.94. The number of fused-ring (bicyclic) bond motifs is 1. The molecule has 2 aromatic heterocycles. The molecule has 0 radical (unpaired) electrons. The highest BCUT2D eigenvalue weighted by molar-refractivity contribution is 5.85. The van der Waals surface area contributed by atoms with Gasteiger partial charge < -0.3 is 0 Å². The predicted octanol–water partition coefficient (Wildman–Crippen LogP) is 5.32. The van der Waals surface area contributed by atoms with Crippen LogP contribution in [0.1, 0.15) is 17.0 Å². The first kappa shape index (κ1) is 16.9. The fraction of sp³-hybridized carbons (Fsp3) is 0.0476. The zero-order valence-corrected chi connectivity index (χ0v) is 14.6. The summed E-state index contributed by atoms with van der Waals surface area (Å²) in [7, 11) is 0. The van der Waals surface area contributed by atoms with Gasteiger partial charge in [-0.05, 0) is 48.4 Å². The summed E-state index contributed by atoms with van der Waals surface area (Å²) in [5.74, 6) is 1.76. The van der Waals surface area contributed by atoms with Gasteiger partial charge in [-0.15, -0.1) is 12.4 Å². The van der Waals surface area contributed by atoms with Crippen molar-refractivity contribution in [3.8, 4) is 5.82 Å². The number of halogens is 1. The molecule has 0 unspecified atom stereocenters. The van der Waals surface area contributed by atoms with E-state index >= 15 is 0 Å². The predicted molar refractivity (Wildman–Crippen MR) is 106 cm³/mol. The van der Waals surface area contributed by atoms with E-state index in [1.165, 1.54) is 5.56 Å². The molecule has 0 saturated carbocycles. The summed E-state index contributed by atoms with van der Waals surface area (Å²) in [6.45, 7) is 2.07. The lowest BCUT2D eigenvalue weighted by atomic mass is 10.2. The van der Waals surface area contributed by atoms with Crippen LogP contribution in [0.5, 0.6) is 0 Å². The molecule has 0 saturated heterocycles. The molecule has 3 nitrogen and oxygen atoms in total. The van der Waals surface area contributed by atoms with Crippen molar-refractivity contribution in [2.45, 2.75) is 6.92 Å². The number of rotatable bonds is 3. The second-order valence-corrected chi connectivity index (χ2v) is 5.73. The van der Waals surface area contributed by atoms with Crippen molar-refractivity contribution in [3.05, 3.63) is 89.9 Å². The molecule has 0 atom stereocenters. The van der Waals surface area contributed by atoms with Gasteiger partial charge in [-0.3, -0.25) is 4.57 Å². The van der Waals surface area contributed by atoms with Crippen molar-refractivity contribution >= 4 is 35.6 Å². The SMILES string of the molecule is Cc1ccnc(-n2c(/C=C/c3ccccc3)nc3ccccc32)c1.Cl. The third kappa shape index (κ3) is 3.47. The largest absolute Gasteiger partial charge is 0.277 e. The van der Waals surface area contributed by atoms with Crippen LogP contribution in [-0.2, 0) is 0 Å². The number of aryl methyl sites for hydroxylation is 1. The Kier molecular flexibility index (Phi) is 4.96. The van der Waals surface area contributed by atoms with Crippen LogP contribution in [0, 0.1) is 6.92 Å². The molecule has 0 aliphatic carbocycles. The number of nitrogens with zero attached hydrogens (tertiary/aromatic N) is 3. The Hall–Kier alpha value is -2.91. The highest BCUT2D eigenvalue weighted by Gasteiger charge is 2.11. The highest BCUT2D eigenvalue weighted by atomic mass is 35.5. The Balaban J connectivity index is 0.00000182. The Morgan fingerprint density at radius 1 is 0.880 bits per heavy atom. The highest BCUT2D eigenvalue weighted by Crippen LogP contribution is 2.22. The van der Waals surface area contributed by atoms with Crippen LogP contribution in [0.15, 0.2) is 72.9 Å². The fourth-order valence-corrected chi connectivity index (χ4v) is 2.77. The molecule has 0 aliphatic heterocycles. The number of para-hydroxylation sites is 2. The van der Waals surface area contributed by atoms with Crippen molar-refractivity contribution < 1.29 is 0 Å². The fourth-order valence-electron chi connectivity index (χ4n) is 2.77. The molecule has 0 bridgehead atoms. The zero-order valence-electron chi connectivity index (χ0n) is 13.8. The van der Waals surface area contributed by atoms with E-state index in [9.17, 15) is 0 Å². The minimum Gasteiger partial charge on any atom is -0.277 e. The first-order chi connectivity index (χ1) is 11.8. The average Bonchev–Trinajstić information content (AvgIpc) is 2.99. The first-order valence-corrected chi connectivity index (χ1v) is 7.95. The average molecular weight is 348 g/mol. The van der Waals surface area contributed by atoms with E-state index in [0.29, 0.717) is 0 Å². The smallest absolute Gasteiger partial charge is 0.139 e. The molecular formula is C21H18ClN3. The van der Waals surface area contributed by atoms with Crippen molar-refractivity contribution in [1.29, 1.82) is 0 Å². The summed E-state index contributed by atoms with van der Waals surface area (Å²) in [6, 6.07) is 22.5. The minimum absolute atomic E-state index is 0. The van der Waals surface area contributed by atoms with E-state index in [4.69, 9.17) is 4.98 Å². The van der Waals surface area contributed by atoms with Crippen molar-refractivity contribution in [2.24, 2.45) is 0 Å². The number of benzene rings is 2. The Bertz CT molecular complexity index is 1020. The number of pyridine rings is 1. The summed E-state index contributed by atoms with van der Waals surface area (Å²) in [4.78, 5) is 9.31. The standard InChI is InChI=1S/C21H17N3.ClH/c1-16-13-14-22-21(15-16)24-19-10-6-5-9-18(19)23-20(24)12-11-17-7-3-2-4-8-17;/h2-15H,1H3;1H/b12-11+;.